The van der Waals surface area contributed by atoms with E-state index >= 15 is 0 Å². The lowest BCUT2D eigenvalue weighted by atomic mass is 9.91. The number of benzene rings is 2. The molecular weight excluding hydrogens is 439 g/mol. The van der Waals surface area contributed by atoms with E-state index in [0.717, 1.165) is 75.2 Å². The molecule has 0 radical (unpaired) electrons. The topological polar surface area (TPSA) is 30.0 Å². The fraction of sp³-hybridized carbons (Fsp3) is 0.500. The van der Waals surface area contributed by atoms with Crippen molar-refractivity contribution in [2.45, 2.75) is 25.3 Å². The second-order valence-corrected chi connectivity index (χ2v) is 9.85. The van der Waals surface area contributed by atoms with Crippen LogP contribution in [0.25, 0.3) is 11.1 Å². The van der Waals surface area contributed by atoms with Gasteiger partial charge >= 0.3 is 0 Å². The third-order valence-corrected chi connectivity index (χ3v) is 7.78. The molecule has 7 heteroatoms. The van der Waals surface area contributed by atoms with E-state index in [1.54, 1.807) is 6.07 Å². The quantitative estimate of drug-likeness (QED) is 0.661. The van der Waals surface area contributed by atoms with Gasteiger partial charge in [-0.2, -0.15) is 0 Å². The van der Waals surface area contributed by atoms with Crippen LogP contribution >= 0.6 is 11.6 Å². The molecule has 176 valence electrons. The molecule has 0 atom stereocenters. The molecule has 33 heavy (non-hydrogen) atoms. The largest absolute Gasteiger partial charge is 0.369 e. The maximum atomic E-state index is 13.8. The van der Waals surface area contributed by atoms with Crippen molar-refractivity contribution in [2.24, 2.45) is 0 Å². The van der Waals surface area contributed by atoms with Crippen LogP contribution in [0.5, 0.6) is 0 Å². The maximum absolute atomic E-state index is 13.8. The van der Waals surface area contributed by atoms with Crippen LogP contribution in [0.1, 0.15) is 19.3 Å². The molecule has 2 heterocycles. The summed E-state index contributed by atoms with van der Waals surface area (Å²) < 4.78 is 13.8. The third-order valence-electron chi connectivity index (χ3n) is 7.47. The van der Waals surface area contributed by atoms with Crippen molar-refractivity contribution in [3.63, 3.8) is 0 Å². The Morgan fingerprint density at radius 2 is 1.55 bits per heavy atom. The number of halogens is 2. The summed E-state index contributed by atoms with van der Waals surface area (Å²) in [6.07, 6.45) is 4.03. The Morgan fingerprint density at radius 3 is 2.15 bits per heavy atom. The fourth-order valence-electron chi connectivity index (χ4n) is 5.08. The minimum atomic E-state index is -0.399. The number of hydrogen-bond acceptors (Lipinski definition) is 4. The van der Waals surface area contributed by atoms with Crippen molar-refractivity contribution in [2.75, 3.05) is 63.8 Å². The molecule has 2 aromatic rings. The Kier molecular flexibility index (Phi) is 6.86. The first-order valence-corrected chi connectivity index (χ1v) is 12.5. The van der Waals surface area contributed by atoms with Gasteiger partial charge < -0.3 is 9.80 Å². The summed E-state index contributed by atoms with van der Waals surface area (Å²) >= 11 is 5.80. The third kappa shape index (κ3) is 5.18. The Morgan fingerprint density at radius 1 is 0.879 bits per heavy atom. The molecule has 0 aromatic heterocycles. The van der Waals surface area contributed by atoms with Crippen molar-refractivity contribution in [1.82, 2.24) is 14.7 Å². The lowest BCUT2D eigenvalue weighted by molar-refractivity contribution is -0.134. The summed E-state index contributed by atoms with van der Waals surface area (Å²) in [5, 5.41) is 0.141. The van der Waals surface area contributed by atoms with Gasteiger partial charge in [-0.1, -0.05) is 36.2 Å². The van der Waals surface area contributed by atoms with Gasteiger partial charge in [0.05, 0.1) is 11.6 Å². The highest BCUT2D eigenvalue weighted by molar-refractivity contribution is 6.30. The van der Waals surface area contributed by atoms with Gasteiger partial charge in [0.15, 0.2) is 0 Å². The van der Waals surface area contributed by atoms with Crippen LogP contribution in [0.3, 0.4) is 0 Å². The minimum Gasteiger partial charge on any atom is -0.369 e. The van der Waals surface area contributed by atoms with E-state index in [9.17, 15) is 9.18 Å². The number of nitrogens with zero attached hydrogens (tertiary/aromatic N) is 4. The molecule has 3 aliphatic rings. The zero-order valence-corrected chi connectivity index (χ0v) is 19.8. The normalized spacial score (nSPS) is 20.7. The van der Waals surface area contributed by atoms with E-state index < -0.39 is 5.82 Å². The average molecular weight is 471 g/mol. The predicted octanol–water partition coefficient (Wildman–Crippen LogP) is 3.96. The highest BCUT2D eigenvalue weighted by Crippen LogP contribution is 2.27. The van der Waals surface area contributed by atoms with Crippen molar-refractivity contribution in [3.8, 4) is 11.1 Å². The van der Waals surface area contributed by atoms with Crippen LogP contribution in [0.2, 0.25) is 5.02 Å². The summed E-state index contributed by atoms with van der Waals surface area (Å²) in [4.78, 5) is 22.1. The van der Waals surface area contributed by atoms with E-state index in [1.165, 1.54) is 25.3 Å². The van der Waals surface area contributed by atoms with Crippen LogP contribution in [0.15, 0.2) is 42.5 Å². The summed E-state index contributed by atoms with van der Waals surface area (Å²) in [6, 6.07) is 13.9. The van der Waals surface area contributed by atoms with Gasteiger partial charge in [0.2, 0.25) is 5.91 Å². The van der Waals surface area contributed by atoms with Crippen molar-refractivity contribution in [3.05, 3.63) is 53.3 Å². The van der Waals surface area contributed by atoms with Crippen LogP contribution in [-0.2, 0) is 4.79 Å². The second-order valence-electron chi connectivity index (χ2n) is 9.44. The van der Waals surface area contributed by atoms with E-state index in [2.05, 4.69) is 31.7 Å². The number of rotatable bonds is 5. The van der Waals surface area contributed by atoms with Gasteiger partial charge in [-0.05, 0) is 48.2 Å². The van der Waals surface area contributed by atoms with Crippen molar-refractivity contribution in [1.29, 1.82) is 0 Å². The molecule has 0 N–H and O–H groups in total. The summed E-state index contributed by atoms with van der Waals surface area (Å²) in [5.74, 6) is -0.125. The Labute approximate surface area is 200 Å². The van der Waals surface area contributed by atoms with E-state index in [1.807, 2.05) is 18.2 Å². The smallest absolute Gasteiger partial charge is 0.236 e. The molecule has 1 saturated carbocycles. The molecule has 0 unspecified atom stereocenters. The van der Waals surface area contributed by atoms with E-state index in [4.69, 9.17) is 11.6 Å². The van der Waals surface area contributed by atoms with E-state index in [-0.39, 0.29) is 10.9 Å². The lowest BCUT2D eigenvalue weighted by Gasteiger charge is -2.43. The Balaban J connectivity index is 1.09. The number of hydrogen-bond donors (Lipinski definition) is 0. The summed E-state index contributed by atoms with van der Waals surface area (Å²) in [7, 11) is 0. The highest BCUT2D eigenvalue weighted by Gasteiger charge is 2.30. The van der Waals surface area contributed by atoms with Crippen LogP contribution in [0, 0.1) is 5.82 Å². The highest BCUT2D eigenvalue weighted by atomic mass is 35.5. The number of carbonyl (C=O) groups is 1. The number of piperazine rings is 2. The van der Waals surface area contributed by atoms with E-state index in [0.29, 0.717) is 6.54 Å². The Hall–Kier alpha value is -2.15. The zero-order chi connectivity index (χ0) is 22.8. The van der Waals surface area contributed by atoms with Crippen LogP contribution in [-0.4, -0.2) is 85.6 Å². The van der Waals surface area contributed by atoms with Gasteiger partial charge in [-0.25, -0.2) is 4.39 Å². The maximum Gasteiger partial charge on any atom is 0.236 e. The molecule has 0 bridgehead atoms. The first-order valence-electron chi connectivity index (χ1n) is 12.1. The standard InChI is InChI=1S/C26H32ClFN4O/c27-24-9-6-21(18-25(24)28)20-4-7-23(8-5-20)30-12-10-29(11-13-30)19-26(33)32-16-14-31(15-17-32)22-2-1-3-22/h4-9,18,22H,1-3,10-17,19H2. The second kappa shape index (κ2) is 10.00. The molecule has 2 aliphatic heterocycles. The SMILES string of the molecule is O=C(CN1CCN(c2ccc(-c3ccc(Cl)c(F)c3)cc2)CC1)N1CCN(C2CCC2)CC1. The average Bonchev–Trinajstić information content (AvgIpc) is 2.81. The van der Waals surface area contributed by atoms with Crippen molar-refractivity contribution >= 4 is 23.2 Å². The summed E-state index contributed by atoms with van der Waals surface area (Å²) in [6.45, 7) is 7.91. The molecule has 2 aromatic carbocycles. The van der Waals surface area contributed by atoms with Gasteiger partial charge in [-0.3, -0.25) is 14.6 Å². The molecule has 5 rings (SSSR count). The molecule has 0 spiro atoms. The zero-order valence-electron chi connectivity index (χ0n) is 19.1. The van der Waals surface area contributed by atoms with Gasteiger partial charge in [0, 0.05) is 64.1 Å². The molecule has 3 fully saturated rings. The van der Waals surface area contributed by atoms with Gasteiger partial charge in [-0.15, -0.1) is 0 Å². The Bertz CT molecular complexity index is 965. The van der Waals surface area contributed by atoms with Gasteiger partial charge in [0.25, 0.3) is 0 Å². The monoisotopic (exact) mass is 470 g/mol. The molecule has 1 amide bonds. The number of amides is 1. The van der Waals surface area contributed by atoms with Gasteiger partial charge in [0.1, 0.15) is 5.82 Å². The summed E-state index contributed by atoms with van der Waals surface area (Å²) in [5.41, 5.74) is 2.95. The lowest BCUT2D eigenvalue weighted by Crippen LogP contribution is -2.56. The molecule has 2 saturated heterocycles. The number of carbonyl (C=O) groups excluding carboxylic acids is 1. The molecule has 5 nitrogen and oxygen atoms in total. The predicted molar refractivity (Wildman–Crippen MR) is 131 cm³/mol. The van der Waals surface area contributed by atoms with Crippen molar-refractivity contribution < 1.29 is 9.18 Å². The fourth-order valence-corrected chi connectivity index (χ4v) is 5.20. The van der Waals surface area contributed by atoms with Crippen LogP contribution in [0.4, 0.5) is 10.1 Å². The minimum absolute atomic E-state index is 0.141. The number of anilines is 1. The van der Waals surface area contributed by atoms with Crippen LogP contribution < -0.4 is 4.90 Å². The first kappa shape index (κ1) is 22.6. The molecule has 1 aliphatic carbocycles. The first-order chi connectivity index (χ1) is 16.1. The molecular formula is C26H32ClFN4O.